The van der Waals surface area contributed by atoms with Crippen LogP contribution in [0.2, 0.25) is 0 Å². The second-order valence-electron chi connectivity index (χ2n) is 4.01. The first kappa shape index (κ1) is 9.91. The topological polar surface area (TPSA) is 62.5 Å². The first-order valence-electron chi connectivity index (χ1n) is 5.15. The van der Waals surface area contributed by atoms with E-state index in [9.17, 15) is 5.11 Å². The van der Waals surface area contributed by atoms with Crippen molar-refractivity contribution in [1.82, 2.24) is 0 Å². The zero-order valence-corrected chi connectivity index (χ0v) is 8.11. The molecule has 0 aromatic carbocycles. The number of hydrogen-bond acceptors (Lipinski definition) is 4. The van der Waals surface area contributed by atoms with Gasteiger partial charge < -0.3 is 14.6 Å². The molecular formula is C10H15NO3. The van der Waals surface area contributed by atoms with Crippen molar-refractivity contribution in [3.05, 3.63) is 0 Å². The Morgan fingerprint density at radius 3 is 2.71 bits per heavy atom. The third kappa shape index (κ3) is 1.76. The molecule has 0 radical (unpaired) electrons. The maximum Gasteiger partial charge on any atom is 0.169 e. The number of aliphatic hydroxyl groups is 1. The lowest BCUT2D eigenvalue weighted by molar-refractivity contribution is -0.192. The van der Waals surface area contributed by atoms with Crippen molar-refractivity contribution in [2.24, 2.45) is 0 Å². The Hall–Kier alpha value is -0.630. The van der Waals surface area contributed by atoms with Crippen molar-refractivity contribution in [3.63, 3.8) is 0 Å². The average molecular weight is 197 g/mol. The molecule has 1 aliphatic heterocycles. The molecule has 2 fully saturated rings. The maximum atomic E-state index is 9.31. The van der Waals surface area contributed by atoms with Gasteiger partial charge in [0.15, 0.2) is 11.9 Å². The van der Waals surface area contributed by atoms with Gasteiger partial charge in [-0.05, 0) is 12.8 Å². The molecular weight excluding hydrogens is 182 g/mol. The SMILES string of the molecule is N#C[C@H](O)[C@H]1COC2(CCCCC2)O1. The lowest BCUT2D eigenvalue weighted by atomic mass is 9.94. The third-order valence-electron chi connectivity index (χ3n) is 2.98. The van der Waals surface area contributed by atoms with Crippen LogP contribution < -0.4 is 0 Å². The largest absolute Gasteiger partial charge is 0.375 e. The van der Waals surface area contributed by atoms with Crippen LogP contribution in [-0.4, -0.2) is 29.7 Å². The van der Waals surface area contributed by atoms with Crippen LogP contribution in [0.25, 0.3) is 0 Å². The number of nitriles is 1. The molecule has 4 nitrogen and oxygen atoms in total. The highest BCUT2D eigenvalue weighted by Crippen LogP contribution is 2.38. The molecule has 1 heterocycles. The Morgan fingerprint density at radius 2 is 2.07 bits per heavy atom. The Bertz CT molecular complexity index is 242. The highest BCUT2D eigenvalue weighted by Gasteiger charge is 2.44. The average Bonchev–Trinajstić information content (AvgIpc) is 2.62. The summed E-state index contributed by atoms with van der Waals surface area (Å²) in [5.41, 5.74) is 0. The molecule has 1 saturated carbocycles. The monoisotopic (exact) mass is 197 g/mol. The van der Waals surface area contributed by atoms with Crippen molar-refractivity contribution < 1.29 is 14.6 Å². The summed E-state index contributed by atoms with van der Waals surface area (Å²) in [6.45, 7) is 0.342. The van der Waals surface area contributed by atoms with E-state index in [4.69, 9.17) is 14.7 Å². The number of hydrogen-bond donors (Lipinski definition) is 1. The van der Waals surface area contributed by atoms with E-state index < -0.39 is 18.0 Å². The first-order valence-corrected chi connectivity index (χ1v) is 5.15. The summed E-state index contributed by atoms with van der Waals surface area (Å²) >= 11 is 0. The molecule has 1 spiro atoms. The maximum absolute atomic E-state index is 9.31. The van der Waals surface area contributed by atoms with Crippen LogP contribution in [0, 0.1) is 11.3 Å². The molecule has 1 aliphatic carbocycles. The van der Waals surface area contributed by atoms with Crippen LogP contribution in [0.15, 0.2) is 0 Å². The Balaban J connectivity index is 1.96. The molecule has 1 N–H and O–H groups in total. The normalized spacial score (nSPS) is 32.7. The molecule has 1 saturated heterocycles. The van der Waals surface area contributed by atoms with Gasteiger partial charge >= 0.3 is 0 Å². The van der Waals surface area contributed by atoms with Gasteiger partial charge in [-0.2, -0.15) is 5.26 Å². The third-order valence-corrected chi connectivity index (χ3v) is 2.98. The smallest absolute Gasteiger partial charge is 0.169 e. The summed E-state index contributed by atoms with van der Waals surface area (Å²) in [4.78, 5) is 0. The molecule has 0 bridgehead atoms. The Morgan fingerprint density at radius 1 is 1.36 bits per heavy atom. The van der Waals surface area contributed by atoms with Gasteiger partial charge in [-0.3, -0.25) is 0 Å². The summed E-state index contributed by atoms with van der Waals surface area (Å²) in [5.74, 6) is -0.485. The molecule has 2 atom stereocenters. The van der Waals surface area contributed by atoms with E-state index in [1.54, 1.807) is 6.07 Å². The molecule has 0 aromatic heterocycles. The fourth-order valence-electron chi connectivity index (χ4n) is 2.17. The summed E-state index contributed by atoms with van der Waals surface area (Å²) in [5, 5.41) is 17.9. The van der Waals surface area contributed by atoms with Crippen molar-refractivity contribution in [2.75, 3.05) is 6.61 Å². The fourth-order valence-corrected chi connectivity index (χ4v) is 2.17. The van der Waals surface area contributed by atoms with Crippen molar-refractivity contribution in [1.29, 1.82) is 5.26 Å². The second-order valence-corrected chi connectivity index (χ2v) is 4.01. The van der Waals surface area contributed by atoms with E-state index in [1.165, 1.54) is 6.42 Å². The summed E-state index contributed by atoms with van der Waals surface area (Å²) in [6.07, 6.45) is 3.70. The summed E-state index contributed by atoms with van der Waals surface area (Å²) in [7, 11) is 0. The second kappa shape index (κ2) is 3.85. The molecule has 4 heteroatoms. The number of rotatable bonds is 1. The van der Waals surface area contributed by atoms with Gasteiger partial charge in [0.2, 0.25) is 0 Å². The summed E-state index contributed by atoms with van der Waals surface area (Å²) in [6, 6.07) is 1.78. The lowest BCUT2D eigenvalue weighted by Crippen LogP contribution is -2.35. The Labute approximate surface area is 83.4 Å². The van der Waals surface area contributed by atoms with Crippen molar-refractivity contribution in [3.8, 4) is 6.07 Å². The van der Waals surface area contributed by atoms with Gasteiger partial charge in [-0.25, -0.2) is 0 Å². The zero-order valence-electron chi connectivity index (χ0n) is 8.11. The Kier molecular flexibility index (Phi) is 2.73. The van der Waals surface area contributed by atoms with Crippen LogP contribution in [0.5, 0.6) is 0 Å². The van der Waals surface area contributed by atoms with Crippen molar-refractivity contribution >= 4 is 0 Å². The molecule has 0 unspecified atom stereocenters. The molecule has 14 heavy (non-hydrogen) atoms. The van der Waals surface area contributed by atoms with E-state index in [0.29, 0.717) is 6.61 Å². The predicted octanol–water partition coefficient (Wildman–Crippen LogP) is 0.947. The fraction of sp³-hybridized carbons (Fsp3) is 0.900. The van der Waals surface area contributed by atoms with Crippen molar-refractivity contribution in [2.45, 2.75) is 50.1 Å². The first-order chi connectivity index (χ1) is 6.76. The van der Waals surface area contributed by atoms with Gasteiger partial charge in [0.25, 0.3) is 0 Å². The molecule has 2 rings (SSSR count). The van der Waals surface area contributed by atoms with Gasteiger partial charge in [0.1, 0.15) is 6.10 Å². The summed E-state index contributed by atoms with van der Waals surface area (Å²) < 4.78 is 11.2. The number of ether oxygens (including phenoxy) is 2. The lowest BCUT2D eigenvalue weighted by Gasteiger charge is -2.31. The van der Waals surface area contributed by atoms with Gasteiger partial charge in [0.05, 0.1) is 12.7 Å². The van der Waals surface area contributed by atoms with Gasteiger partial charge in [-0.1, -0.05) is 6.42 Å². The van der Waals surface area contributed by atoms with E-state index in [1.807, 2.05) is 0 Å². The predicted molar refractivity (Wildman–Crippen MR) is 48.3 cm³/mol. The minimum atomic E-state index is -1.06. The van der Waals surface area contributed by atoms with Gasteiger partial charge in [-0.15, -0.1) is 0 Å². The zero-order chi connectivity index (χ0) is 10.0. The highest BCUT2D eigenvalue weighted by molar-refractivity contribution is 4.94. The number of nitrogens with zero attached hydrogens (tertiary/aromatic N) is 1. The van der Waals surface area contributed by atoms with Crippen LogP contribution >= 0.6 is 0 Å². The highest BCUT2D eigenvalue weighted by atomic mass is 16.7. The standard InChI is InChI=1S/C10H15NO3/c11-6-8(12)9-7-13-10(14-9)4-2-1-3-5-10/h8-9,12H,1-5,7H2/t8-,9+/m0/s1. The molecule has 78 valence electrons. The van der Waals surface area contributed by atoms with E-state index >= 15 is 0 Å². The van der Waals surface area contributed by atoms with Crippen LogP contribution in [-0.2, 0) is 9.47 Å². The molecule has 0 aromatic rings. The van der Waals surface area contributed by atoms with E-state index in [2.05, 4.69) is 0 Å². The van der Waals surface area contributed by atoms with Gasteiger partial charge in [0, 0.05) is 12.8 Å². The van der Waals surface area contributed by atoms with E-state index in [0.717, 1.165) is 25.7 Å². The molecule has 2 aliphatic rings. The number of aliphatic hydroxyl groups excluding tert-OH is 1. The minimum Gasteiger partial charge on any atom is -0.375 e. The van der Waals surface area contributed by atoms with Crippen LogP contribution in [0.3, 0.4) is 0 Å². The van der Waals surface area contributed by atoms with Crippen LogP contribution in [0.1, 0.15) is 32.1 Å². The minimum absolute atomic E-state index is 0.342. The van der Waals surface area contributed by atoms with Crippen LogP contribution in [0.4, 0.5) is 0 Å². The quantitative estimate of drug-likeness (QED) is 0.635. The molecule has 0 amide bonds. The van der Waals surface area contributed by atoms with E-state index in [-0.39, 0.29) is 0 Å².